The minimum atomic E-state index is -4.76. The van der Waals surface area contributed by atoms with Crippen molar-refractivity contribution in [1.82, 2.24) is 0 Å². The van der Waals surface area contributed by atoms with E-state index in [2.05, 4.69) is 394 Å². The van der Waals surface area contributed by atoms with E-state index in [9.17, 15) is 22.8 Å². The van der Waals surface area contributed by atoms with Crippen LogP contribution in [0.5, 0.6) is 0 Å². The van der Waals surface area contributed by atoms with Crippen LogP contribution in [0.25, 0.3) is 4.85 Å². The molecule has 11 heteroatoms. The van der Waals surface area contributed by atoms with Gasteiger partial charge in [0.1, 0.15) is 5.54 Å². The van der Waals surface area contributed by atoms with Crippen LogP contribution in [0.1, 0.15) is 29.8 Å². The van der Waals surface area contributed by atoms with Gasteiger partial charge in [0.15, 0.2) is 16.9 Å². The normalized spacial score (nSPS) is 7.63. The van der Waals surface area contributed by atoms with Crippen molar-refractivity contribution in [3.8, 4) is 397 Å². The van der Waals surface area contributed by atoms with E-state index < -0.39 is 34.8 Å². The number of benzene rings is 2. The molecule has 0 saturated carbocycles. The molecule has 1 fully saturated rings. The molecule has 3 rings (SSSR count). The van der Waals surface area contributed by atoms with E-state index >= 15 is 0 Å². The highest BCUT2D eigenvalue weighted by molar-refractivity contribution is 7.81. The van der Waals surface area contributed by atoms with E-state index in [1.807, 2.05) is 0 Å². The Bertz CT molecular complexity index is 5910. The number of ether oxygens (including phenoxy) is 1. The summed E-state index contributed by atoms with van der Waals surface area (Å²) in [6.45, 7) is 10.2. The molecule has 434 valence electrons. The van der Waals surface area contributed by atoms with Gasteiger partial charge in [-0.1, -0.05) is 6.07 Å². The first-order valence-corrected chi connectivity index (χ1v) is 26.1. The SMILES string of the molecule is C#CC#CC#CC#CC#CC#CC#CC#CC#CC#CC#CC#CC#CC#CC#CC#CC#CC#CC#CC#CC#CC#CC#CC#CC#CC#CC#CC#CC#CC#CC#CC#CC#CC#N.[C-]#[N+]c1ccc(N2C(=O)C(C)(C)N(c3ccc(C(=O)OC)cc3)C2=S)cc1C(F)(F)F. The molecule has 1 aliphatic heterocycles. The first-order chi connectivity index (χ1) is 48.3. The van der Waals surface area contributed by atoms with Gasteiger partial charge >= 0.3 is 12.1 Å². The van der Waals surface area contributed by atoms with Crippen LogP contribution in [0.2, 0.25) is 0 Å². The Labute approximate surface area is 580 Å². The smallest absolute Gasteiger partial charge is 0.407 e. The first kappa shape index (κ1) is 76.6. The average molecular weight is 1270 g/mol. The van der Waals surface area contributed by atoms with E-state index in [4.69, 9.17) is 30.5 Å². The topological polar surface area (TPSA) is 78.0 Å². The van der Waals surface area contributed by atoms with Crippen LogP contribution in [0.15, 0.2) is 42.5 Å². The number of hydrogen-bond donors (Lipinski definition) is 0. The summed E-state index contributed by atoms with van der Waals surface area (Å²) in [5.74, 6) is 159. The number of nitriles is 1. The Morgan fingerprint density at radius 1 is 0.434 bits per heavy atom. The Balaban J connectivity index is 0.000000882. The molecule has 0 spiro atoms. The summed E-state index contributed by atoms with van der Waals surface area (Å²) in [6, 6.07) is 10.8. The van der Waals surface area contributed by atoms with E-state index in [0.29, 0.717) is 11.3 Å². The lowest BCUT2D eigenvalue weighted by Gasteiger charge is -2.29. The zero-order valence-corrected chi connectivity index (χ0v) is 51.5. The molecule has 7 nitrogen and oxygen atoms in total. The molecule has 0 N–H and O–H groups in total. The van der Waals surface area contributed by atoms with Gasteiger partial charge in [0.2, 0.25) is 0 Å². The lowest BCUT2D eigenvalue weighted by Crippen LogP contribution is -2.44. The Morgan fingerprint density at radius 3 is 0.879 bits per heavy atom. The van der Waals surface area contributed by atoms with Crippen molar-refractivity contribution in [1.29, 1.82) is 5.26 Å². The van der Waals surface area contributed by atoms with Crippen LogP contribution in [0.3, 0.4) is 0 Å². The zero-order valence-electron chi connectivity index (χ0n) is 50.7. The van der Waals surface area contributed by atoms with Gasteiger partial charge in [0.05, 0.1) is 24.8 Å². The van der Waals surface area contributed by atoms with E-state index in [0.717, 1.165) is 17.0 Å². The van der Waals surface area contributed by atoms with E-state index in [-0.39, 0.29) is 10.8 Å². The predicted molar refractivity (Wildman–Crippen MR) is 375 cm³/mol. The second-order valence-electron chi connectivity index (χ2n) is 15.4. The molecule has 0 unspecified atom stereocenters. The quantitative estimate of drug-likeness (QED) is 0.182. The molecule has 0 aliphatic carbocycles. The van der Waals surface area contributed by atoms with Gasteiger partial charge in [-0.15, -0.1) is 6.42 Å². The second-order valence-corrected chi connectivity index (χ2v) is 15.8. The molecule has 2 aromatic rings. The number of terminal acetylenes is 1. The van der Waals surface area contributed by atoms with Crippen LogP contribution < -0.4 is 9.80 Å². The average Bonchev–Trinajstić information content (AvgIpc) is 1.59. The summed E-state index contributed by atoms with van der Waals surface area (Å²) in [5, 5.41) is 8.18. The van der Waals surface area contributed by atoms with Crippen LogP contribution >= 0.6 is 12.2 Å². The third kappa shape index (κ3) is 35.8. The van der Waals surface area contributed by atoms with Crippen LogP contribution in [0, 0.1) is 409 Å². The summed E-state index contributed by atoms with van der Waals surface area (Å²) in [5.41, 5.74) is -2.23. The lowest BCUT2D eigenvalue weighted by molar-refractivity contribution is -0.136. The third-order valence-corrected chi connectivity index (χ3v) is 9.31. The van der Waals surface area contributed by atoms with E-state index in [1.54, 1.807) is 32.0 Å². The van der Waals surface area contributed by atoms with Crippen molar-refractivity contribution in [2.75, 3.05) is 16.9 Å². The minimum absolute atomic E-state index is 0.0236. The van der Waals surface area contributed by atoms with Gasteiger partial charge in [-0.2, -0.15) is 18.4 Å². The molecule has 0 atom stereocenters. The summed E-state index contributed by atoms with van der Waals surface area (Å²) >= 11 is 5.45. The van der Waals surface area contributed by atoms with Gasteiger partial charge in [-0.05, 0) is 110 Å². The molecule has 0 bridgehead atoms. The number of esters is 1. The largest absolute Gasteiger partial charge is 0.465 e. The van der Waals surface area contributed by atoms with Crippen molar-refractivity contribution >= 4 is 46.3 Å². The van der Waals surface area contributed by atoms with Gasteiger partial charge in [0.25, 0.3) is 5.91 Å². The summed E-state index contributed by atoms with van der Waals surface area (Å²) in [6.07, 6.45) is 0.180. The maximum absolute atomic E-state index is 13.4. The highest BCUT2D eigenvalue weighted by Gasteiger charge is 2.50. The number of thiocarbonyl (C=S) groups is 1. The Hall–Kier alpha value is -18.5. The fraction of sp³-hybridized carbons (Fsp3) is 0.0568. The van der Waals surface area contributed by atoms with Gasteiger partial charge in [-0.3, -0.25) is 9.69 Å². The molecule has 2 aromatic carbocycles. The molecule has 0 radical (unpaired) electrons. The highest BCUT2D eigenvalue weighted by Crippen LogP contribution is 2.42. The molecule has 1 aliphatic rings. The van der Waals surface area contributed by atoms with E-state index in [1.165, 1.54) is 30.2 Å². The number of amides is 1. The van der Waals surface area contributed by atoms with Gasteiger partial charge in [0, 0.05) is 349 Å². The van der Waals surface area contributed by atoms with Crippen molar-refractivity contribution < 1.29 is 27.5 Å². The number of halogens is 3. The number of rotatable bonds is 3. The zero-order chi connectivity index (χ0) is 71.8. The lowest BCUT2D eigenvalue weighted by atomic mass is 10.0. The summed E-state index contributed by atoms with van der Waals surface area (Å²) in [7, 11) is 1.25. The number of alkyl halides is 3. The van der Waals surface area contributed by atoms with Crippen molar-refractivity contribution in [2.45, 2.75) is 25.6 Å². The molecule has 99 heavy (non-hydrogen) atoms. The molecular weight excluding hydrogens is 1250 g/mol. The maximum Gasteiger partial charge on any atom is 0.407 e. The summed E-state index contributed by atoms with van der Waals surface area (Å²) in [4.78, 5) is 30.2. The van der Waals surface area contributed by atoms with Crippen LogP contribution in [-0.2, 0) is 15.7 Å². The Kier molecular flexibility index (Phi) is 39.1. The number of hydrogen-bond acceptors (Lipinski definition) is 5. The fourth-order valence-corrected chi connectivity index (χ4v) is 5.83. The fourth-order valence-electron chi connectivity index (χ4n) is 5.31. The first-order valence-electron chi connectivity index (χ1n) is 25.7. The summed E-state index contributed by atoms with van der Waals surface area (Å²) < 4.78 is 44.8. The monoisotopic (exact) mass is 1270 g/mol. The van der Waals surface area contributed by atoms with Gasteiger partial charge < -0.3 is 9.64 Å². The number of anilines is 2. The number of carbonyl (C=O) groups is 2. The molecule has 1 saturated heterocycles. The molecule has 1 amide bonds. The van der Waals surface area contributed by atoms with Crippen molar-refractivity contribution in [3.63, 3.8) is 0 Å². The molecule has 0 aromatic heterocycles. The number of nitrogens with zero attached hydrogens (tertiary/aromatic N) is 4. The highest BCUT2D eigenvalue weighted by atomic mass is 32.1. The molecule has 1 heterocycles. The van der Waals surface area contributed by atoms with Gasteiger partial charge in [-0.25, -0.2) is 9.64 Å². The number of carbonyl (C=O) groups excluding carboxylic acids is 2. The minimum Gasteiger partial charge on any atom is -0.465 e. The maximum atomic E-state index is 13.4. The van der Waals surface area contributed by atoms with Crippen LogP contribution in [-0.4, -0.2) is 29.6 Å². The number of methoxy groups -OCH3 is 1. The van der Waals surface area contributed by atoms with Crippen LogP contribution in [0.4, 0.5) is 30.2 Å². The second kappa shape index (κ2) is 50.5. The standard InChI is InChI=1S/C67HN.C21H16F3N3O3S/c1-2-3-4-5-6-7-8-9-10-11-12-13-14-15-16-17-18-19-20-21-22-23-24-25-26-27-28-29-30-31-32-33-34-35-36-37-38-39-40-41-42-43-44-45-46-47-48-49-50-51-52-53-54-55-56-57-58-59-60-61-62-63-64-65-66-67-68;1-20(2)18(29)26(14-9-10-16(25-3)15(11-14)21(22,23)24)19(31)27(20)13-7-5-12(6-8-13)17(28)30-4/h1H;5-11H,1-2,4H3. The van der Waals surface area contributed by atoms with Crippen molar-refractivity contribution in [3.05, 3.63) is 65.0 Å². The third-order valence-electron chi connectivity index (χ3n) is 8.94. The van der Waals surface area contributed by atoms with Crippen molar-refractivity contribution in [2.24, 2.45) is 0 Å². The Morgan fingerprint density at radius 2 is 0.667 bits per heavy atom. The molecular formula is C88H17F3N4O3S. The predicted octanol–water partition coefficient (Wildman–Crippen LogP) is 5.21.